The normalized spacial score (nSPS) is 13.8. The maximum absolute atomic E-state index is 12.3. The van der Waals surface area contributed by atoms with Crippen molar-refractivity contribution in [1.82, 2.24) is 0 Å². The first-order valence-electron chi connectivity index (χ1n) is 8.64. The summed E-state index contributed by atoms with van der Waals surface area (Å²) in [5, 5.41) is 0.527. The van der Waals surface area contributed by atoms with E-state index in [4.69, 9.17) is 30.5 Å². The predicted molar refractivity (Wildman–Crippen MR) is 104 cm³/mol. The summed E-state index contributed by atoms with van der Waals surface area (Å²) >= 11 is 5.81. The molecule has 3 rings (SSSR count). The molecule has 0 aromatic heterocycles. The summed E-state index contributed by atoms with van der Waals surface area (Å²) in [7, 11) is 1.53. The summed E-state index contributed by atoms with van der Waals surface area (Å²) in [6.07, 6.45) is 1.88. The van der Waals surface area contributed by atoms with Crippen LogP contribution in [0.4, 0.5) is 0 Å². The number of methoxy groups -OCH3 is 1. The van der Waals surface area contributed by atoms with Crippen molar-refractivity contribution in [3.63, 3.8) is 0 Å². The van der Waals surface area contributed by atoms with E-state index in [2.05, 4.69) is 0 Å². The van der Waals surface area contributed by atoms with Gasteiger partial charge in [-0.3, -0.25) is 4.79 Å². The van der Waals surface area contributed by atoms with Gasteiger partial charge in [-0.25, -0.2) is 4.79 Å². The highest BCUT2D eigenvalue weighted by molar-refractivity contribution is 6.30. The van der Waals surface area contributed by atoms with E-state index in [1.54, 1.807) is 42.5 Å². The standard InChI is InChI=1S/C21H19ClO6/c1-13(20(24)15-4-6-16(22)7-5-15)28-19(23)8-3-14-11-17(25-2)21-18(12-14)26-9-10-27-21/h3-8,11-13H,9-10H2,1-2H3/b8-3+/t13-/m0/s1. The SMILES string of the molecule is COc1cc(/C=C/C(=O)O[C@@H](C)C(=O)c2ccc(Cl)cc2)cc2c1OCCO2. The number of ether oxygens (including phenoxy) is 4. The Hall–Kier alpha value is -2.99. The summed E-state index contributed by atoms with van der Waals surface area (Å²) in [6, 6.07) is 9.86. The molecule has 0 unspecified atom stereocenters. The van der Waals surface area contributed by atoms with E-state index in [1.807, 2.05) is 0 Å². The van der Waals surface area contributed by atoms with Gasteiger partial charge in [0.15, 0.2) is 17.6 Å². The summed E-state index contributed by atoms with van der Waals surface area (Å²) in [5.74, 6) is 0.653. The van der Waals surface area contributed by atoms with Gasteiger partial charge in [-0.15, -0.1) is 0 Å². The lowest BCUT2D eigenvalue weighted by molar-refractivity contribution is -0.140. The minimum Gasteiger partial charge on any atom is -0.493 e. The molecule has 0 spiro atoms. The Bertz CT molecular complexity index is 887. The zero-order valence-electron chi connectivity index (χ0n) is 15.4. The Balaban J connectivity index is 1.66. The zero-order chi connectivity index (χ0) is 20.1. The van der Waals surface area contributed by atoms with Crippen LogP contribution in [-0.2, 0) is 9.53 Å². The van der Waals surface area contributed by atoms with Crippen LogP contribution in [0, 0.1) is 0 Å². The fourth-order valence-corrected chi connectivity index (χ4v) is 2.80. The molecule has 0 amide bonds. The van der Waals surface area contributed by atoms with Gasteiger partial charge in [0.05, 0.1) is 7.11 Å². The molecule has 1 atom stereocenters. The monoisotopic (exact) mass is 402 g/mol. The highest BCUT2D eigenvalue weighted by atomic mass is 35.5. The van der Waals surface area contributed by atoms with Crippen LogP contribution >= 0.6 is 11.6 Å². The van der Waals surface area contributed by atoms with Crippen LogP contribution in [0.25, 0.3) is 6.08 Å². The van der Waals surface area contributed by atoms with Crippen LogP contribution in [-0.4, -0.2) is 38.2 Å². The zero-order valence-corrected chi connectivity index (χ0v) is 16.2. The van der Waals surface area contributed by atoms with E-state index in [1.165, 1.54) is 20.1 Å². The molecular weight excluding hydrogens is 384 g/mol. The lowest BCUT2D eigenvalue weighted by Gasteiger charge is -2.20. The Morgan fingerprint density at radius 3 is 2.57 bits per heavy atom. The molecule has 0 saturated carbocycles. The third kappa shape index (κ3) is 4.64. The van der Waals surface area contributed by atoms with Gasteiger partial charge in [0.2, 0.25) is 11.5 Å². The highest BCUT2D eigenvalue weighted by Crippen LogP contribution is 2.40. The lowest BCUT2D eigenvalue weighted by atomic mass is 10.1. The number of hydrogen-bond donors (Lipinski definition) is 0. The van der Waals surface area contributed by atoms with E-state index >= 15 is 0 Å². The highest BCUT2D eigenvalue weighted by Gasteiger charge is 2.19. The summed E-state index contributed by atoms with van der Waals surface area (Å²) in [6.45, 7) is 2.41. The molecule has 1 heterocycles. The maximum Gasteiger partial charge on any atom is 0.331 e. The molecule has 0 fully saturated rings. The third-order valence-electron chi connectivity index (χ3n) is 4.05. The van der Waals surface area contributed by atoms with Crippen molar-refractivity contribution in [2.45, 2.75) is 13.0 Å². The number of carbonyl (C=O) groups is 2. The number of rotatable bonds is 6. The van der Waals surface area contributed by atoms with Crippen LogP contribution in [0.15, 0.2) is 42.5 Å². The fraction of sp³-hybridized carbons (Fsp3) is 0.238. The molecule has 2 aromatic carbocycles. The van der Waals surface area contributed by atoms with Crippen molar-refractivity contribution in [1.29, 1.82) is 0 Å². The smallest absolute Gasteiger partial charge is 0.331 e. The summed E-state index contributed by atoms with van der Waals surface area (Å²) < 4.78 is 21.6. The number of benzene rings is 2. The number of ketones is 1. The molecular formula is C21H19ClO6. The maximum atomic E-state index is 12.3. The second kappa shape index (κ2) is 8.80. The van der Waals surface area contributed by atoms with Crippen molar-refractivity contribution in [2.75, 3.05) is 20.3 Å². The molecule has 1 aliphatic rings. The molecule has 6 nitrogen and oxygen atoms in total. The molecule has 0 aliphatic carbocycles. The average molecular weight is 403 g/mol. The Kier molecular flexibility index (Phi) is 6.21. The van der Waals surface area contributed by atoms with Gasteiger partial charge in [0, 0.05) is 16.7 Å². The van der Waals surface area contributed by atoms with Crippen LogP contribution in [0.3, 0.4) is 0 Å². The largest absolute Gasteiger partial charge is 0.493 e. The molecule has 146 valence electrons. The van der Waals surface area contributed by atoms with Crippen LogP contribution < -0.4 is 14.2 Å². The third-order valence-corrected chi connectivity index (χ3v) is 4.31. The van der Waals surface area contributed by atoms with E-state index < -0.39 is 12.1 Å². The minimum atomic E-state index is -0.923. The van der Waals surface area contributed by atoms with Crippen molar-refractivity contribution in [2.24, 2.45) is 0 Å². The van der Waals surface area contributed by atoms with Crippen LogP contribution in [0.2, 0.25) is 5.02 Å². The van der Waals surface area contributed by atoms with Crippen molar-refractivity contribution >= 4 is 29.4 Å². The first-order valence-corrected chi connectivity index (χ1v) is 9.02. The molecule has 0 N–H and O–H groups in total. The average Bonchev–Trinajstić information content (AvgIpc) is 2.71. The van der Waals surface area contributed by atoms with E-state index in [9.17, 15) is 9.59 Å². The van der Waals surface area contributed by atoms with Gasteiger partial charge in [0.25, 0.3) is 0 Å². The second-order valence-corrected chi connectivity index (χ2v) is 6.47. The number of esters is 1. The molecule has 0 radical (unpaired) electrons. The number of Topliss-reactive ketones (excluding diaryl/α,β-unsaturated/α-hetero) is 1. The van der Waals surface area contributed by atoms with Crippen molar-refractivity contribution < 1.29 is 28.5 Å². The van der Waals surface area contributed by atoms with Gasteiger partial charge in [-0.1, -0.05) is 11.6 Å². The topological polar surface area (TPSA) is 71.1 Å². The summed E-state index contributed by atoms with van der Waals surface area (Å²) in [4.78, 5) is 24.4. The first kappa shape index (κ1) is 19.8. The summed E-state index contributed by atoms with van der Waals surface area (Å²) in [5.41, 5.74) is 1.10. The van der Waals surface area contributed by atoms with Gasteiger partial charge >= 0.3 is 5.97 Å². The Morgan fingerprint density at radius 1 is 1.14 bits per heavy atom. The number of fused-ring (bicyclic) bond motifs is 1. The molecule has 2 aromatic rings. The van der Waals surface area contributed by atoms with Crippen molar-refractivity contribution in [3.8, 4) is 17.2 Å². The molecule has 7 heteroatoms. The molecule has 1 aliphatic heterocycles. The second-order valence-electron chi connectivity index (χ2n) is 6.03. The Labute approximate surface area is 167 Å². The van der Waals surface area contributed by atoms with E-state index in [-0.39, 0.29) is 5.78 Å². The lowest BCUT2D eigenvalue weighted by Crippen LogP contribution is -2.23. The molecule has 0 bridgehead atoms. The van der Waals surface area contributed by atoms with Crippen LogP contribution in [0.1, 0.15) is 22.8 Å². The van der Waals surface area contributed by atoms with E-state index in [0.29, 0.717) is 46.6 Å². The predicted octanol–water partition coefficient (Wildman–Crippen LogP) is 3.95. The number of hydrogen-bond acceptors (Lipinski definition) is 6. The van der Waals surface area contributed by atoms with Crippen molar-refractivity contribution in [3.05, 3.63) is 58.6 Å². The molecule has 28 heavy (non-hydrogen) atoms. The van der Waals surface area contributed by atoms with Gasteiger partial charge in [0.1, 0.15) is 13.2 Å². The fourth-order valence-electron chi connectivity index (χ4n) is 2.67. The van der Waals surface area contributed by atoms with Gasteiger partial charge < -0.3 is 18.9 Å². The number of halogens is 1. The van der Waals surface area contributed by atoms with Crippen LogP contribution in [0.5, 0.6) is 17.2 Å². The quantitative estimate of drug-likeness (QED) is 0.414. The Morgan fingerprint density at radius 2 is 1.86 bits per heavy atom. The van der Waals surface area contributed by atoms with E-state index in [0.717, 1.165) is 0 Å². The van der Waals surface area contributed by atoms with Gasteiger partial charge in [-0.2, -0.15) is 0 Å². The number of carbonyl (C=O) groups excluding carboxylic acids is 2. The van der Waals surface area contributed by atoms with Gasteiger partial charge in [-0.05, 0) is 55.0 Å². The molecule has 0 saturated heterocycles. The first-order chi connectivity index (χ1) is 13.5. The minimum absolute atomic E-state index is 0.306.